The van der Waals surface area contributed by atoms with Crippen molar-refractivity contribution >= 4 is 33.7 Å². The second-order valence-electron chi connectivity index (χ2n) is 13.5. The summed E-state index contributed by atoms with van der Waals surface area (Å²) in [6, 6.07) is 13.2. The third kappa shape index (κ3) is 10.9. The summed E-state index contributed by atoms with van der Waals surface area (Å²) in [5.74, 6) is -2.27. The number of hydrogen-bond acceptors (Lipinski definition) is 8. The van der Waals surface area contributed by atoms with Crippen LogP contribution in [0.25, 0.3) is 0 Å². The van der Waals surface area contributed by atoms with E-state index in [1.54, 1.807) is 41.5 Å². The van der Waals surface area contributed by atoms with Crippen molar-refractivity contribution in [2.75, 3.05) is 12.0 Å². The molecule has 45 heavy (non-hydrogen) atoms. The number of nitrogens with zero attached hydrogens (tertiary/aromatic N) is 1. The van der Waals surface area contributed by atoms with Gasteiger partial charge in [0.15, 0.2) is 0 Å². The molecule has 246 valence electrons. The van der Waals surface area contributed by atoms with Crippen molar-refractivity contribution in [3.8, 4) is 0 Å². The molecule has 0 saturated heterocycles. The van der Waals surface area contributed by atoms with Gasteiger partial charge < -0.3 is 25.0 Å². The lowest BCUT2D eigenvalue weighted by Crippen LogP contribution is -2.61. The molecule has 1 aliphatic heterocycles. The highest BCUT2D eigenvalue weighted by molar-refractivity contribution is 7.90. The summed E-state index contributed by atoms with van der Waals surface area (Å²) in [4.78, 5) is 55.5. The van der Waals surface area contributed by atoms with E-state index in [0.29, 0.717) is 0 Å². The fourth-order valence-electron chi connectivity index (χ4n) is 4.91. The number of esters is 1. The van der Waals surface area contributed by atoms with Gasteiger partial charge in [-0.15, -0.1) is 0 Å². The number of carbonyl (C=O) groups excluding carboxylic acids is 4. The Labute approximate surface area is 266 Å². The Bertz CT molecular complexity index is 1480. The predicted octanol–water partition coefficient (Wildman–Crippen LogP) is 3.54. The zero-order valence-electron chi connectivity index (χ0n) is 27.1. The van der Waals surface area contributed by atoms with Crippen LogP contribution < -0.4 is 10.6 Å². The number of rotatable bonds is 10. The maximum absolute atomic E-state index is 14.2. The minimum Gasteiger partial charge on any atom is -0.458 e. The molecule has 0 bridgehead atoms. The molecule has 3 rings (SSSR count). The van der Waals surface area contributed by atoms with Crippen LogP contribution in [-0.4, -0.2) is 72.9 Å². The molecule has 0 fully saturated rings. The van der Waals surface area contributed by atoms with Gasteiger partial charge >= 0.3 is 12.1 Å². The first kappa shape index (κ1) is 35.5. The number of ether oxygens (including phenoxy) is 2. The van der Waals surface area contributed by atoms with Gasteiger partial charge in [-0.05, 0) is 49.3 Å². The number of nitrogens with one attached hydrogen (secondary N) is 2. The molecular weight excluding hydrogens is 598 g/mol. The van der Waals surface area contributed by atoms with Gasteiger partial charge in [0.2, 0.25) is 11.8 Å². The highest BCUT2D eigenvalue weighted by Gasteiger charge is 2.43. The average Bonchev–Trinajstić information content (AvgIpc) is 2.94. The van der Waals surface area contributed by atoms with Crippen LogP contribution in [0, 0.1) is 5.41 Å². The van der Waals surface area contributed by atoms with E-state index in [2.05, 4.69) is 10.6 Å². The van der Waals surface area contributed by atoms with Crippen LogP contribution in [0.3, 0.4) is 0 Å². The number of carbonyl (C=O) groups is 4. The van der Waals surface area contributed by atoms with Crippen molar-refractivity contribution < 1.29 is 37.1 Å². The second-order valence-corrected chi connectivity index (χ2v) is 15.7. The SMILES string of the molecule is CC(C)(C)OC(=O)[C@H](CCS(C)(=O)=O)NC(=O)[C@@H]1Cc2ccccc2CN1C(=O)[C@@H](NC(=O)OCc1ccccc1)C(C)(C)C. The third-order valence-corrected chi connectivity index (χ3v) is 8.18. The molecule has 2 aromatic carbocycles. The van der Waals surface area contributed by atoms with Crippen LogP contribution in [0.5, 0.6) is 0 Å². The maximum Gasteiger partial charge on any atom is 0.408 e. The molecule has 2 N–H and O–H groups in total. The molecule has 0 aromatic heterocycles. The van der Waals surface area contributed by atoms with Crippen LogP contribution in [0.15, 0.2) is 54.6 Å². The van der Waals surface area contributed by atoms with Gasteiger partial charge in [0, 0.05) is 19.2 Å². The van der Waals surface area contributed by atoms with E-state index in [0.717, 1.165) is 22.9 Å². The summed E-state index contributed by atoms with van der Waals surface area (Å²) >= 11 is 0. The molecule has 2 aromatic rings. The van der Waals surface area contributed by atoms with E-state index in [1.165, 1.54) is 4.90 Å². The van der Waals surface area contributed by atoms with Crippen molar-refractivity contribution in [2.24, 2.45) is 5.41 Å². The second kappa shape index (κ2) is 14.4. The van der Waals surface area contributed by atoms with E-state index in [1.807, 2.05) is 54.6 Å². The minimum absolute atomic E-state index is 0.0133. The lowest BCUT2D eigenvalue weighted by atomic mass is 9.84. The lowest BCUT2D eigenvalue weighted by molar-refractivity contribution is -0.159. The largest absolute Gasteiger partial charge is 0.458 e. The molecule has 3 amide bonds. The Morgan fingerprint density at radius 3 is 2.09 bits per heavy atom. The fraction of sp³-hybridized carbons (Fsp3) is 0.515. The summed E-state index contributed by atoms with van der Waals surface area (Å²) < 4.78 is 34.7. The summed E-state index contributed by atoms with van der Waals surface area (Å²) in [6.07, 6.45) is 0.215. The Kier molecular flexibility index (Phi) is 11.4. The van der Waals surface area contributed by atoms with Crippen molar-refractivity contribution in [1.29, 1.82) is 0 Å². The van der Waals surface area contributed by atoms with Gasteiger partial charge in [-0.1, -0.05) is 75.4 Å². The molecule has 0 saturated carbocycles. The molecule has 0 radical (unpaired) electrons. The summed E-state index contributed by atoms with van der Waals surface area (Å²) in [5, 5.41) is 5.37. The number of hydrogen-bond donors (Lipinski definition) is 2. The van der Waals surface area contributed by atoms with E-state index < -0.39 is 62.9 Å². The number of sulfone groups is 1. The summed E-state index contributed by atoms with van der Waals surface area (Å²) in [5.41, 5.74) is 0.836. The monoisotopic (exact) mass is 643 g/mol. The van der Waals surface area contributed by atoms with Gasteiger partial charge in [0.25, 0.3) is 0 Å². The standard InChI is InChI=1S/C33H45N3O8S/c1-32(2,3)27(35-31(40)43-21-22-13-9-8-10-14-22)29(38)36-20-24-16-12-11-15-23(24)19-26(36)28(37)34-25(17-18-45(7,41)42)30(39)44-33(4,5)6/h8-16,25-27H,17-21H2,1-7H3,(H,34,37)(H,35,40)/t25-,26-,27+/m0/s1. The molecule has 0 unspecified atom stereocenters. The van der Waals surface area contributed by atoms with E-state index >= 15 is 0 Å². The maximum atomic E-state index is 14.2. The van der Waals surface area contributed by atoms with Crippen molar-refractivity contribution in [1.82, 2.24) is 15.5 Å². The predicted molar refractivity (Wildman–Crippen MR) is 170 cm³/mol. The summed E-state index contributed by atoms with van der Waals surface area (Å²) in [7, 11) is -3.46. The van der Waals surface area contributed by atoms with Crippen molar-refractivity contribution in [3.05, 3.63) is 71.3 Å². The zero-order chi connectivity index (χ0) is 33.6. The molecule has 1 heterocycles. The van der Waals surface area contributed by atoms with Crippen LogP contribution in [-0.2, 0) is 53.3 Å². The van der Waals surface area contributed by atoms with Crippen LogP contribution in [0.4, 0.5) is 4.79 Å². The Hall–Kier alpha value is -3.93. The van der Waals surface area contributed by atoms with Gasteiger partial charge in [0.05, 0.1) is 5.75 Å². The Morgan fingerprint density at radius 2 is 1.51 bits per heavy atom. The number of fused-ring (bicyclic) bond motifs is 1. The number of benzene rings is 2. The highest BCUT2D eigenvalue weighted by Crippen LogP contribution is 2.28. The normalized spacial score (nSPS) is 16.5. The Balaban J connectivity index is 1.89. The van der Waals surface area contributed by atoms with Gasteiger partial charge in [0.1, 0.15) is 40.2 Å². The number of alkyl carbamates (subject to hydrolysis) is 1. The van der Waals surface area contributed by atoms with Crippen LogP contribution in [0.2, 0.25) is 0 Å². The first-order chi connectivity index (χ1) is 20.8. The van der Waals surface area contributed by atoms with Gasteiger partial charge in [-0.2, -0.15) is 0 Å². The average molecular weight is 644 g/mol. The molecule has 0 spiro atoms. The topological polar surface area (TPSA) is 148 Å². The summed E-state index contributed by atoms with van der Waals surface area (Å²) in [6.45, 7) is 10.5. The molecule has 11 nitrogen and oxygen atoms in total. The first-order valence-corrected chi connectivity index (χ1v) is 17.0. The van der Waals surface area contributed by atoms with E-state index in [4.69, 9.17) is 9.47 Å². The van der Waals surface area contributed by atoms with E-state index in [-0.39, 0.29) is 31.7 Å². The van der Waals surface area contributed by atoms with Crippen molar-refractivity contribution in [3.63, 3.8) is 0 Å². The molecular formula is C33H45N3O8S. The lowest BCUT2D eigenvalue weighted by Gasteiger charge is -2.41. The van der Waals surface area contributed by atoms with Gasteiger partial charge in [-0.25, -0.2) is 18.0 Å². The van der Waals surface area contributed by atoms with Crippen LogP contribution >= 0.6 is 0 Å². The fourth-order valence-corrected chi connectivity index (χ4v) is 5.57. The molecule has 12 heteroatoms. The van der Waals surface area contributed by atoms with Crippen molar-refractivity contribution in [2.45, 2.75) is 91.3 Å². The first-order valence-electron chi connectivity index (χ1n) is 14.9. The Morgan fingerprint density at radius 1 is 0.911 bits per heavy atom. The van der Waals surface area contributed by atoms with E-state index in [9.17, 15) is 27.6 Å². The zero-order valence-corrected chi connectivity index (χ0v) is 27.9. The minimum atomic E-state index is -3.46. The quantitative estimate of drug-likeness (QED) is 0.374. The van der Waals surface area contributed by atoms with Crippen LogP contribution in [0.1, 0.15) is 64.7 Å². The smallest absolute Gasteiger partial charge is 0.408 e. The highest BCUT2D eigenvalue weighted by atomic mass is 32.2. The molecule has 3 atom stereocenters. The van der Waals surface area contributed by atoms with Gasteiger partial charge in [-0.3, -0.25) is 9.59 Å². The number of amides is 3. The third-order valence-electron chi connectivity index (χ3n) is 7.21. The molecule has 0 aliphatic carbocycles. The molecule has 1 aliphatic rings.